The van der Waals surface area contributed by atoms with E-state index in [9.17, 15) is 14.7 Å². The molecule has 7 heteroatoms. The van der Waals surface area contributed by atoms with Gasteiger partial charge in [0.15, 0.2) is 4.32 Å². The standard InChI is InChI=1S/C25H28N2O3S2/c1-24(2,3)17-12-15(13-18(20(17)28)25(4,5)6)14-19-22(30)27(23(31)32-19)26-21(29)16-10-8-7-9-11-16/h7-14,28H,1-6H3,(H,26,29)/b19-14-. The van der Waals surface area contributed by atoms with Gasteiger partial charge in [-0.3, -0.25) is 15.0 Å². The number of aromatic hydroxyl groups is 1. The van der Waals surface area contributed by atoms with Crippen LogP contribution in [0, 0.1) is 0 Å². The minimum atomic E-state index is -0.405. The van der Waals surface area contributed by atoms with Crippen LogP contribution in [0.15, 0.2) is 47.4 Å². The van der Waals surface area contributed by atoms with Gasteiger partial charge in [0.2, 0.25) is 0 Å². The number of benzene rings is 2. The predicted octanol–water partition coefficient (Wildman–Crippen LogP) is 5.53. The maximum atomic E-state index is 13.0. The number of phenols is 1. The lowest BCUT2D eigenvalue weighted by molar-refractivity contribution is -0.123. The molecule has 32 heavy (non-hydrogen) atoms. The summed E-state index contributed by atoms with van der Waals surface area (Å²) in [5, 5.41) is 12.0. The number of carbonyl (C=O) groups is 2. The van der Waals surface area contributed by atoms with Gasteiger partial charge in [0.05, 0.1) is 4.91 Å². The molecule has 1 fully saturated rings. The highest BCUT2D eigenvalue weighted by Gasteiger charge is 2.34. The molecule has 1 heterocycles. The average molecular weight is 469 g/mol. The molecule has 0 radical (unpaired) electrons. The van der Waals surface area contributed by atoms with Crippen molar-refractivity contribution in [2.24, 2.45) is 0 Å². The molecule has 2 aromatic carbocycles. The van der Waals surface area contributed by atoms with Crippen LogP contribution in [0.5, 0.6) is 5.75 Å². The molecule has 1 saturated heterocycles. The molecular formula is C25H28N2O3S2. The summed E-state index contributed by atoms with van der Waals surface area (Å²) in [5.41, 5.74) is 4.89. The molecular weight excluding hydrogens is 440 g/mol. The van der Waals surface area contributed by atoms with Crippen molar-refractivity contribution in [3.8, 4) is 5.75 Å². The monoisotopic (exact) mass is 468 g/mol. The number of rotatable bonds is 3. The molecule has 5 nitrogen and oxygen atoms in total. The van der Waals surface area contributed by atoms with Crippen molar-refractivity contribution in [3.05, 3.63) is 69.6 Å². The van der Waals surface area contributed by atoms with Gasteiger partial charge in [0.25, 0.3) is 11.8 Å². The van der Waals surface area contributed by atoms with Gasteiger partial charge in [0, 0.05) is 16.7 Å². The molecule has 2 amide bonds. The SMILES string of the molecule is CC(C)(C)c1cc(/C=C2\SC(=S)N(NC(=O)c3ccccc3)C2=O)cc(C(C)(C)C)c1O. The number of amides is 2. The molecule has 3 rings (SSSR count). The maximum absolute atomic E-state index is 13.0. The Morgan fingerprint density at radius 1 is 1.03 bits per heavy atom. The van der Waals surface area contributed by atoms with Crippen LogP contribution in [0.2, 0.25) is 0 Å². The van der Waals surface area contributed by atoms with Crippen LogP contribution >= 0.6 is 24.0 Å². The number of thioether (sulfide) groups is 1. The Morgan fingerprint density at radius 3 is 2.06 bits per heavy atom. The number of nitrogens with zero attached hydrogens (tertiary/aromatic N) is 1. The Balaban J connectivity index is 1.96. The molecule has 0 bridgehead atoms. The van der Waals surface area contributed by atoms with E-state index in [0.717, 1.165) is 33.5 Å². The van der Waals surface area contributed by atoms with Crippen LogP contribution < -0.4 is 5.43 Å². The Labute approximate surface area is 198 Å². The molecule has 0 aromatic heterocycles. The van der Waals surface area contributed by atoms with Crippen molar-refractivity contribution < 1.29 is 14.7 Å². The van der Waals surface area contributed by atoms with E-state index in [2.05, 4.69) is 5.43 Å². The van der Waals surface area contributed by atoms with Gasteiger partial charge < -0.3 is 5.11 Å². The van der Waals surface area contributed by atoms with Gasteiger partial charge in [-0.25, -0.2) is 0 Å². The smallest absolute Gasteiger partial charge is 0.285 e. The molecule has 2 N–H and O–H groups in total. The fourth-order valence-corrected chi connectivity index (χ4v) is 4.53. The molecule has 1 aliphatic rings. The van der Waals surface area contributed by atoms with Crippen molar-refractivity contribution >= 4 is 46.2 Å². The molecule has 1 aliphatic heterocycles. The minimum absolute atomic E-state index is 0.261. The van der Waals surface area contributed by atoms with E-state index in [1.165, 1.54) is 0 Å². The minimum Gasteiger partial charge on any atom is -0.507 e. The maximum Gasteiger partial charge on any atom is 0.285 e. The van der Waals surface area contributed by atoms with Crippen molar-refractivity contribution in [3.63, 3.8) is 0 Å². The van der Waals surface area contributed by atoms with E-state index in [4.69, 9.17) is 12.2 Å². The largest absolute Gasteiger partial charge is 0.507 e. The van der Waals surface area contributed by atoms with Crippen LogP contribution in [-0.4, -0.2) is 26.3 Å². The fraction of sp³-hybridized carbons (Fsp3) is 0.320. The molecule has 0 aliphatic carbocycles. The van der Waals surface area contributed by atoms with Crippen molar-refractivity contribution in [2.45, 2.75) is 52.4 Å². The molecule has 0 unspecified atom stereocenters. The number of phenolic OH excluding ortho intramolecular Hbond substituents is 1. The summed E-state index contributed by atoms with van der Waals surface area (Å²) in [6.07, 6.45) is 1.76. The lowest BCUT2D eigenvalue weighted by Crippen LogP contribution is -2.44. The number of hydrazine groups is 1. The predicted molar refractivity (Wildman–Crippen MR) is 134 cm³/mol. The van der Waals surface area contributed by atoms with E-state index in [0.29, 0.717) is 10.5 Å². The lowest BCUT2D eigenvalue weighted by atomic mass is 9.78. The lowest BCUT2D eigenvalue weighted by Gasteiger charge is -2.28. The second-order valence-corrected chi connectivity index (χ2v) is 11.5. The first-order valence-corrected chi connectivity index (χ1v) is 11.5. The highest BCUT2D eigenvalue weighted by molar-refractivity contribution is 8.26. The van der Waals surface area contributed by atoms with Crippen LogP contribution in [0.3, 0.4) is 0 Å². The first kappa shape index (κ1) is 24.0. The van der Waals surface area contributed by atoms with Crippen LogP contribution in [0.4, 0.5) is 0 Å². The Morgan fingerprint density at radius 2 is 1.56 bits per heavy atom. The van der Waals surface area contributed by atoms with E-state index in [-0.39, 0.29) is 26.8 Å². The van der Waals surface area contributed by atoms with Crippen molar-refractivity contribution in [1.82, 2.24) is 10.4 Å². The van der Waals surface area contributed by atoms with E-state index in [1.807, 2.05) is 59.7 Å². The summed E-state index contributed by atoms with van der Waals surface area (Å²) in [6, 6.07) is 12.5. The Hall–Kier alpha value is -2.64. The quantitative estimate of drug-likeness (QED) is 0.458. The van der Waals surface area contributed by atoms with Gasteiger partial charge in [0.1, 0.15) is 5.75 Å². The van der Waals surface area contributed by atoms with Crippen LogP contribution in [0.1, 0.15) is 68.6 Å². The normalized spacial score (nSPS) is 16.1. The van der Waals surface area contributed by atoms with Crippen molar-refractivity contribution in [1.29, 1.82) is 0 Å². The zero-order valence-electron chi connectivity index (χ0n) is 19.1. The number of thiocarbonyl (C=S) groups is 1. The molecule has 168 valence electrons. The number of carbonyl (C=O) groups excluding carboxylic acids is 2. The second kappa shape index (κ2) is 8.71. The summed E-state index contributed by atoms with van der Waals surface area (Å²) in [5.74, 6) is -0.505. The summed E-state index contributed by atoms with van der Waals surface area (Å²) in [7, 11) is 0. The Kier molecular flexibility index (Phi) is 6.54. The van der Waals surface area contributed by atoms with Gasteiger partial charge in [-0.15, -0.1) is 0 Å². The van der Waals surface area contributed by atoms with Gasteiger partial charge in [-0.1, -0.05) is 71.5 Å². The van der Waals surface area contributed by atoms with Crippen molar-refractivity contribution in [2.75, 3.05) is 0 Å². The van der Waals surface area contributed by atoms with E-state index < -0.39 is 5.91 Å². The first-order chi connectivity index (χ1) is 14.8. The summed E-state index contributed by atoms with van der Waals surface area (Å²) in [6.45, 7) is 12.2. The third-order valence-corrected chi connectivity index (χ3v) is 6.39. The van der Waals surface area contributed by atoms with Gasteiger partial charge >= 0.3 is 0 Å². The van der Waals surface area contributed by atoms with Gasteiger partial charge in [-0.05, 0) is 59.0 Å². The zero-order valence-corrected chi connectivity index (χ0v) is 20.8. The van der Waals surface area contributed by atoms with Crippen LogP contribution in [0.25, 0.3) is 6.08 Å². The van der Waals surface area contributed by atoms with E-state index >= 15 is 0 Å². The molecule has 0 spiro atoms. The fourth-order valence-electron chi connectivity index (χ4n) is 3.35. The third kappa shape index (κ3) is 5.05. The highest BCUT2D eigenvalue weighted by atomic mass is 32.2. The Bertz CT molecular complexity index is 1080. The molecule has 0 atom stereocenters. The van der Waals surface area contributed by atoms with Gasteiger partial charge in [-0.2, -0.15) is 5.01 Å². The second-order valence-electron chi connectivity index (χ2n) is 9.79. The van der Waals surface area contributed by atoms with Crippen LogP contribution in [-0.2, 0) is 15.6 Å². The zero-order chi connectivity index (χ0) is 23.8. The number of hydrogen-bond acceptors (Lipinski definition) is 5. The molecule has 2 aromatic rings. The molecule has 0 saturated carbocycles. The number of hydrogen-bond donors (Lipinski definition) is 2. The first-order valence-electron chi connectivity index (χ1n) is 10.3. The average Bonchev–Trinajstić information content (AvgIpc) is 2.95. The topological polar surface area (TPSA) is 69.6 Å². The summed E-state index contributed by atoms with van der Waals surface area (Å²) in [4.78, 5) is 25.9. The van der Waals surface area contributed by atoms with E-state index in [1.54, 1.807) is 30.3 Å². The summed E-state index contributed by atoms with van der Waals surface area (Å²) < 4.78 is 0.261. The third-order valence-electron chi connectivity index (χ3n) is 5.09. The summed E-state index contributed by atoms with van der Waals surface area (Å²) >= 11 is 6.48. The number of nitrogens with one attached hydrogen (secondary N) is 1. The highest BCUT2D eigenvalue weighted by Crippen LogP contribution is 2.41.